The minimum atomic E-state index is -0.385. The van der Waals surface area contributed by atoms with Crippen molar-refractivity contribution in [1.82, 2.24) is 5.32 Å². The highest BCUT2D eigenvalue weighted by atomic mass is 79.9. The van der Waals surface area contributed by atoms with Crippen molar-refractivity contribution in [2.24, 2.45) is 0 Å². The summed E-state index contributed by atoms with van der Waals surface area (Å²) >= 11 is 3.46. The number of benzene rings is 1. The van der Waals surface area contributed by atoms with Crippen molar-refractivity contribution in [2.75, 3.05) is 0 Å². The minimum Gasteiger partial charge on any atom is -0.475 e. The van der Waals surface area contributed by atoms with E-state index >= 15 is 0 Å². The van der Waals surface area contributed by atoms with Gasteiger partial charge in [-0.3, -0.25) is 0 Å². The Labute approximate surface area is 117 Å². The van der Waals surface area contributed by atoms with Gasteiger partial charge in [0.2, 0.25) is 0 Å². The summed E-state index contributed by atoms with van der Waals surface area (Å²) in [6.45, 7) is 6.87. The highest BCUT2D eigenvalue weighted by Crippen LogP contribution is 2.24. The van der Waals surface area contributed by atoms with Crippen molar-refractivity contribution in [3.05, 3.63) is 28.2 Å². The second kappa shape index (κ2) is 7.40. The first kappa shape index (κ1) is 15.0. The highest BCUT2D eigenvalue weighted by Gasteiger charge is 2.10. The number of ether oxygens (including phenoxy) is 1. The monoisotopic (exact) mass is 310 g/mol. The van der Waals surface area contributed by atoms with Crippen LogP contribution in [-0.2, 0) is 6.54 Å². The van der Waals surface area contributed by atoms with Gasteiger partial charge < -0.3 is 10.1 Å². The maximum Gasteiger partial charge on any atom is 0.184 e. The van der Waals surface area contributed by atoms with Crippen molar-refractivity contribution in [3.63, 3.8) is 0 Å². The van der Waals surface area contributed by atoms with Crippen molar-refractivity contribution >= 4 is 15.9 Å². The van der Waals surface area contributed by atoms with E-state index in [0.29, 0.717) is 12.5 Å². The third-order valence-electron chi connectivity index (χ3n) is 2.51. The van der Waals surface area contributed by atoms with E-state index in [1.165, 1.54) is 0 Å². The van der Waals surface area contributed by atoms with E-state index in [9.17, 15) is 0 Å². The Kier molecular flexibility index (Phi) is 6.17. The van der Waals surface area contributed by atoms with E-state index in [1.54, 1.807) is 0 Å². The molecule has 18 heavy (non-hydrogen) atoms. The van der Waals surface area contributed by atoms with Crippen LogP contribution in [0.2, 0.25) is 0 Å². The molecule has 1 unspecified atom stereocenters. The molecule has 0 aliphatic carbocycles. The Morgan fingerprint density at radius 3 is 2.72 bits per heavy atom. The summed E-state index contributed by atoms with van der Waals surface area (Å²) in [5, 5.41) is 12.3. The Morgan fingerprint density at radius 1 is 1.44 bits per heavy atom. The highest BCUT2D eigenvalue weighted by molar-refractivity contribution is 9.10. The molecule has 3 nitrogen and oxygen atoms in total. The predicted octanol–water partition coefficient (Wildman–Crippen LogP) is 3.63. The second-order valence-electron chi connectivity index (χ2n) is 4.43. The van der Waals surface area contributed by atoms with Gasteiger partial charge in [-0.2, -0.15) is 5.26 Å². The van der Waals surface area contributed by atoms with Crippen molar-refractivity contribution in [1.29, 1.82) is 5.26 Å². The fraction of sp³-hybridized carbons (Fsp3) is 0.500. The van der Waals surface area contributed by atoms with Crippen LogP contribution in [0.4, 0.5) is 0 Å². The number of nitrogens with one attached hydrogen (secondary N) is 1. The zero-order valence-corrected chi connectivity index (χ0v) is 12.6. The summed E-state index contributed by atoms with van der Waals surface area (Å²) in [7, 11) is 0. The Hall–Kier alpha value is -1.05. The normalized spacial score (nSPS) is 12.2. The van der Waals surface area contributed by atoms with Crippen molar-refractivity contribution in [3.8, 4) is 11.8 Å². The Balaban J connectivity index is 2.86. The Morgan fingerprint density at radius 2 is 2.17 bits per heavy atom. The molecule has 0 fully saturated rings. The summed E-state index contributed by atoms with van der Waals surface area (Å²) in [6, 6.07) is 8.42. The standard InChI is InChI=1S/C14H19BrN2O/c1-4-13(8-16)18-14-6-5-12(15)7-11(14)9-17-10(2)3/h5-7,10,13,17H,4,9H2,1-3H3. The van der Waals surface area contributed by atoms with E-state index in [-0.39, 0.29) is 6.10 Å². The van der Waals surface area contributed by atoms with Crippen molar-refractivity contribution < 1.29 is 4.74 Å². The molecule has 0 heterocycles. The molecule has 0 bridgehead atoms. The van der Waals surface area contributed by atoms with Crippen LogP contribution < -0.4 is 10.1 Å². The van der Waals surface area contributed by atoms with Crippen LogP contribution in [0.5, 0.6) is 5.75 Å². The molecule has 4 heteroatoms. The number of rotatable bonds is 6. The lowest BCUT2D eigenvalue weighted by molar-refractivity contribution is 0.248. The van der Waals surface area contributed by atoms with Gasteiger partial charge in [-0.25, -0.2) is 0 Å². The SMILES string of the molecule is CCC(C#N)Oc1ccc(Br)cc1CNC(C)C. The van der Waals surface area contributed by atoms with Crippen LogP contribution in [0, 0.1) is 11.3 Å². The van der Waals surface area contributed by atoms with Gasteiger partial charge in [0.1, 0.15) is 11.8 Å². The summed E-state index contributed by atoms with van der Waals surface area (Å²) in [5.41, 5.74) is 1.06. The molecular formula is C14H19BrN2O. The molecule has 0 radical (unpaired) electrons. The van der Waals surface area contributed by atoms with Gasteiger partial charge in [-0.15, -0.1) is 0 Å². The van der Waals surface area contributed by atoms with E-state index in [2.05, 4.69) is 41.2 Å². The van der Waals surface area contributed by atoms with E-state index in [4.69, 9.17) is 10.00 Å². The predicted molar refractivity (Wildman–Crippen MR) is 76.4 cm³/mol. The molecule has 0 aromatic heterocycles. The topological polar surface area (TPSA) is 45.0 Å². The molecule has 0 aliphatic heterocycles. The van der Waals surface area contributed by atoms with E-state index < -0.39 is 0 Å². The molecule has 0 saturated carbocycles. The maximum absolute atomic E-state index is 8.95. The minimum absolute atomic E-state index is 0.385. The molecule has 1 rings (SSSR count). The van der Waals surface area contributed by atoms with Crippen LogP contribution in [0.3, 0.4) is 0 Å². The molecule has 0 spiro atoms. The van der Waals surface area contributed by atoms with Crippen LogP contribution in [0.15, 0.2) is 22.7 Å². The summed E-state index contributed by atoms with van der Waals surface area (Å²) in [4.78, 5) is 0. The molecule has 1 N–H and O–H groups in total. The van der Waals surface area contributed by atoms with E-state index in [0.717, 1.165) is 22.3 Å². The van der Waals surface area contributed by atoms with Gasteiger partial charge in [0.05, 0.1) is 0 Å². The largest absolute Gasteiger partial charge is 0.475 e. The third-order valence-corrected chi connectivity index (χ3v) is 3.00. The number of hydrogen-bond acceptors (Lipinski definition) is 3. The molecule has 98 valence electrons. The second-order valence-corrected chi connectivity index (χ2v) is 5.35. The van der Waals surface area contributed by atoms with Crippen LogP contribution in [0.25, 0.3) is 0 Å². The number of nitrogens with zero attached hydrogens (tertiary/aromatic N) is 1. The lowest BCUT2D eigenvalue weighted by Gasteiger charge is -2.16. The first-order valence-corrected chi connectivity index (χ1v) is 6.94. The van der Waals surface area contributed by atoms with Crippen LogP contribution >= 0.6 is 15.9 Å². The van der Waals surface area contributed by atoms with Gasteiger partial charge in [0, 0.05) is 22.6 Å². The lowest BCUT2D eigenvalue weighted by atomic mass is 10.2. The number of hydrogen-bond donors (Lipinski definition) is 1. The smallest absolute Gasteiger partial charge is 0.184 e. The van der Waals surface area contributed by atoms with Gasteiger partial charge in [0.25, 0.3) is 0 Å². The average molecular weight is 311 g/mol. The molecule has 1 aromatic carbocycles. The van der Waals surface area contributed by atoms with Crippen molar-refractivity contribution in [2.45, 2.75) is 45.9 Å². The molecule has 1 atom stereocenters. The zero-order valence-electron chi connectivity index (χ0n) is 11.0. The molecule has 1 aromatic rings. The van der Waals surface area contributed by atoms with Gasteiger partial charge in [0.15, 0.2) is 6.10 Å². The van der Waals surface area contributed by atoms with Crippen LogP contribution in [-0.4, -0.2) is 12.1 Å². The summed E-state index contributed by atoms with van der Waals surface area (Å²) in [6.07, 6.45) is 0.299. The quantitative estimate of drug-likeness (QED) is 0.872. The van der Waals surface area contributed by atoms with Gasteiger partial charge in [-0.05, 0) is 24.6 Å². The molecule has 0 aliphatic rings. The van der Waals surface area contributed by atoms with Gasteiger partial charge in [-0.1, -0.05) is 36.7 Å². The fourth-order valence-corrected chi connectivity index (χ4v) is 1.88. The zero-order chi connectivity index (χ0) is 13.5. The number of nitriles is 1. The first-order valence-electron chi connectivity index (χ1n) is 6.14. The summed E-state index contributed by atoms with van der Waals surface area (Å²) in [5.74, 6) is 0.778. The van der Waals surface area contributed by atoms with Crippen LogP contribution in [0.1, 0.15) is 32.8 Å². The molecule has 0 amide bonds. The number of halogens is 1. The Bertz CT molecular complexity index is 426. The van der Waals surface area contributed by atoms with Gasteiger partial charge >= 0.3 is 0 Å². The fourth-order valence-electron chi connectivity index (χ4n) is 1.47. The molecule has 0 saturated heterocycles. The third kappa shape index (κ3) is 4.67. The first-order chi connectivity index (χ1) is 8.56. The lowest BCUT2D eigenvalue weighted by Crippen LogP contribution is -2.23. The van der Waals surface area contributed by atoms with E-state index in [1.807, 2.05) is 25.1 Å². The maximum atomic E-state index is 8.95. The average Bonchev–Trinajstić information content (AvgIpc) is 2.35. The summed E-state index contributed by atoms with van der Waals surface area (Å²) < 4.78 is 6.72. The molecular weight excluding hydrogens is 292 g/mol.